The van der Waals surface area contributed by atoms with E-state index in [4.69, 9.17) is 16.3 Å². The van der Waals surface area contributed by atoms with Gasteiger partial charge in [0.1, 0.15) is 5.60 Å². The maximum absolute atomic E-state index is 13.0. The minimum atomic E-state index is -0.592. The van der Waals surface area contributed by atoms with E-state index in [1.807, 2.05) is 0 Å². The fraction of sp³-hybridized carbons (Fsp3) is 0.360. The van der Waals surface area contributed by atoms with Gasteiger partial charge in [0.15, 0.2) is 0 Å². The summed E-state index contributed by atoms with van der Waals surface area (Å²) in [6.07, 6.45) is 0.189. The lowest BCUT2D eigenvalue weighted by atomic mass is 10.1. The number of rotatable bonds is 4. The lowest BCUT2D eigenvalue weighted by molar-refractivity contribution is 0.0290. The molecule has 0 spiro atoms. The Balaban J connectivity index is 1.50. The number of hydrogen-bond acceptors (Lipinski definition) is 5. The molecule has 2 heterocycles. The number of nitrogens with zero attached hydrogens (tertiary/aromatic N) is 2. The molecule has 1 fully saturated rings. The number of amides is 2. The molecule has 10 heteroatoms. The molecule has 2 aromatic carbocycles. The first kappa shape index (κ1) is 24.5. The predicted molar refractivity (Wildman–Crippen MR) is 133 cm³/mol. The molecule has 1 unspecified atom stereocenters. The van der Waals surface area contributed by atoms with E-state index < -0.39 is 22.9 Å². The molecule has 1 aromatic heterocycles. The molecule has 2 N–H and O–H groups in total. The molecule has 4 rings (SSSR count). The summed E-state index contributed by atoms with van der Waals surface area (Å²) in [6, 6.07) is 11.5. The van der Waals surface area contributed by atoms with Gasteiger partial charge in [-0.25, -0.2) is 9.59 Å². The highest BCUT2D eigenvalue weighted by molar-refractivity contribution is 6.33. The standard InChI is InChI=1S/C25H27ClN4O5/c1-25(2,3)35-24(34)29-11-10-16(14-29)27-22(32)18-12-15(8-9-19(18)26)13-30-20-7-5-4-6-17(20)21(31)28-23(30)33/h4-9,12,16H,10-11,13-14H2,1-3H3,(H,27,32)(H,28,31,33). The topological polar surface area (TPSA) is 114 Å². The number of nitrogens with one attached hydrogen (secondary N) is 2. The Kier molecular flexibility index (Phi) is 6.71. The van der Waals surface area contributed by atoms with Crippen LogP contribution in [0, 0.1) is 0 Å². The molecule has 1 atom stereocenters. The van der Waals surface area contributed by atoms with Gasteiger partial charge in [0.05, 0.1) is 28.0 Å². The summed E-state index contributed by atoms with van der Waals surface area (Å²) in [5.41, 5.74) is -0.151. The molecule has 2 amide bonds. The molecule has 1 aliphatic rings. The van der Waals surface area contributed by atoms with Crippen molar-refractivity contribution >= 4 is 34.5 Å². The summed E-state index contributed by atoms with van der Waals surface area (Å²) in [5.74, 6) is -0.369. The summed E-state index contributed by atoms with van der Waals surface area (Å²) in [4.78, 5) is 53.8. The second kappa shape index (κ2) is 9.58. The lowest BCUT2D eigenvalue weighted by Gasteiger charge is -2.24. The number of hydrogen-bond donors (Lipinski definition) is 2. The quantitative estimate of drug-likeness (QED) is 0.573. The number of H-pyrrole nitrogens is 1. The Bertz CT molecular complexity index is 1410. The maximum atomic E-state index is 13.0. The summed E-state index contributed by atoms with van der Waals surface area (Å²) < 4.78 is 6.84. The molecule has 3 aromatic rings. The van der Waals surface area contributed by atoms with Crippen molar-refractivity contribution in [3.05, 3.63) is 79.5 Å². The number of aromatic amines is 1. The van der Waals surface area contributed by atoms with Crippen LogP contribution in [0.4, 0.5) is 4.79 Å². The molecular formula is C25H27ClN4O5. The van der Waals surface area contributed by atoms with Crippen LogP contribution < -0.4 is 16.6 Å². The van der Waals surface area contributed by atoms with Crippen molar-refractivity contribution < 1.29 is 14.3 Å². The Labute approximate surface area is 206 Å². The van der Waals surface area contributed by atoms with E-state index in [0.29, 0.717) is 36.0 Å². The van der Waals surface area contributed by atoms with Gasteiger partial charge in [-0.05, 0) is 57.0 Å². The van der Waals surface area contributed by atoms with Crippen LogP contribution in [0.25, 0.3) is 10.9 Å². The predicted octanol–water partition coefficient (Wildman–Crippen LogP) is 3.13. The van der Waals surface area contributed by atoms with E-state index >= 15 is 0 Å². The number of ether oxygens (including phenoxy) is 1. The first-order chi connectivity index (χ1) is 16.5. The highest BCUT2D eigenvalue weighted by atomic mass is 35.5. The SMILES string of the molecule is CC(C)(C)OC(=O)N1CCC(NC(=O)c2cc(Cn3c(=O)[nH]c(=O)c4ccccc43)ccc2Cl)C1. The zero-order valence-corrected chi connectivity index (χ0v) is 20.5. The summed E-state index contributed by atoms with van der Waals surface area (Å²) in [5, 5.41) is 3.60. The minimum absolute atomic E-state index is 0.142. The van der Waals surface area contributed by atoms with Crippen molar-refractivity contribution in [2.75, 3.05) is 13.1 Å². The van der Waals surface area contributed by atoms with Gasteiger partial charge in [-0.3, -0.25) is 19.1 Å². The van der Waals surface area contributed by atoms with E-state index in [0.717, 1.165) is 0 Å². The van der Waals surface area contributed by atoms with Crippen molar-refractivity contribution in [1.29, 1.82) is 0 Å². The van der Waals surface area contributed by atoms with Crippen molar-refractivity contribution in [2.45, 2.75) is 45.4 Å². The minimum Gasteiger partial charge on any atom is -0.444 e. The van der Waals surface area contributed by atoms with Crippen molar-refractivity contribution in [2.24, 2.45) is 0 Å². The summed E-state index contributed by atoms with van der Waals surface area (Å²) in [7, 11) is 0. The highest BCUT2D eigenvalue weighted by Gasteiger charge is 2.31. The van der Waals surface area contributed by atoms with Crippen LogP contribution in [0.15, 0.2) is 52.1 Å². The number of benzene rings is 2. The Morgan fingerprint density at radius 3 is 2.66 bits per heavy atom. The number of fused-ring (bicyclic) bond motifs is 1. The largest absolute Gasteiger partial charge is 0.444 e. The van der Waals surface area contributed by atoms with Gasteiger partial charge < -0.3 is 15.0 Å². The van der Waals surface area contributed by atoms with Crippen LogP contribution in [0.1, 0.15) is 43.1 Å². The number of aromatic nitrogens is 2. The van der Waals surface area contributed by atoms with E-state index in [-0.39, 0.29) is 29.1 Å². The fourth-order valence-corrected chi connectivity index (χ4v) is 4.26. The van der Waals surface area contributed by atoms with E-state index in [1.165, 1.54) is 4.57 Å². The van der Waals surface area contributed by atoms with Gasteiger partial charge in [0.2, 0.25) is 0 Å². The fourth-order valence-electron chi connectivity index (χ4n) is 4.06. The van der Waals surface area contributed by atoms with Gasteiger partial charge in [-0.2, -0.15) is 0 Å². The molecule has 9 nitrogen and oxygen atoms in total. The maximum Gasteiger partial charge on any atom is 0.410 e. The second-order valence-corrected chi connectivity index (χ2v) is 9.97. The first-order valence-corrected chi connectivity index (χ1v) is 11.7. The monoisotopic (exact) mass is 498 g/mol. The van der Waals surface area contributed by atoms with Crippen molar-refractivity contribution in [3.63, 3.8) is 0 Å². The first-order valence-electron chi connectivity index (χ1n) is 11.3. The van der Waals surface area contributed by atoms with Crippen LogP contribution in [0.3, 0.4) is 0 Å². The average molecular weight is 499 g/mol. The number of likely N-dealkylation sites (tertiary alicyclic amines) is 1. The van der Waals surface area contributed by atoms with Gasteiger partial charge in [-0.1, -0.05) is 29.8 Å². The van der Waals surface area contributed by atoms with Crippen LogP contribution in [0.2, 0.25) is 5.02 Å². The van der Waals surface area contributed by atoms with Crippen LogP contribution >= 0.6 is 11.6 Å². The van der Waals surface area contributed by atoms with Crippen LogP contribution in [0.5, 0.6) is 0 Å². The molecule has 1 aliphatic heterocycles. The Morgan fingerprint density at radius 2 is 1.91 bits per heavy atom. The van der Waals surface area contributed by atoms with E-state index in [1.54, 1.807) is 68.1 Å². The Hall–Kier alpha value is -3.59. The third-order valence-electron chi connectivity index (χ3n) is 5.70. The van der Waals surface area contributed by atoms with Crippen molar-refractivity contribution in [3.8, 4) is 0 Å². The second-order valence-electron chi connectivity index (χ2n) is 9.56. The van der Waals surface area contributed by atoms with E-state index in [9.17, 15) is 19.2 Å². The molecular weight excluding hydrogens is 472 g/mol. The van der Waals surface area contributed by atoms with Gasteiger partial charge in [0, 0.05) is 19.1 Å². The smallest absolute Gasteiger partial charge is 0.410 e. The number of halogens is 1. The zero-order chi connectivity index (χ0) is 25.3. The van der Waals surface area contributed by atoms with Crippen molar-refractivity contribution in [1.82, 2.24) is 19.8 Å². The number of carbonyl (C=O) groups is 2. The number of para-hydroxylation sites is 1. The molecule has 0 saturated carbocycles. The highest BCUT2D eigenvalue weighted by Crippen LogP contribution is 2.21. The summed E-state index contributed by atoms with van der Waals surface area (Å²) >= 11 is 6.32. The number of carbonyl (C=O) groups excluding carboxylic acids is 2. The molecule has 1 saturated heterocycles. The molecule has 0 bridgehead atoms. The lowest BCUT2D eigenvalue weighted by Crippen LogP contribution is -2.40. The van der Waals surface area contributed by atoms with Crippen LogP contribution in [-0.2, 0) is 11.3 Å². The molecule has 35 heavy (non-hydrogen) atoms. The zero-order valence-electron chi connectivity index (χ0n) is 19.8. The molecule has 0 radical (unpaired) electrons. The normalized spacial score (nSPS) is 15.9. The Morgan fingerprint density at radius 1 is 1.17 bits per heavy atom. The van der Waals surface area contributed by atoms with Gasteiger partial charge in [-0.15, -0.1) is 0 Å². The average Bonchev–Trinajstić information content (AvgIpc) is 3.25. The molecule has 0 aliphatic carbocycles. The van der Waals surface area contributed by atoms with E-state index in [2.05, 4.69) is 10.3 Å². The van der Waals surface area contributed by atoms with Crippen LogP contribution in [-0.4, -0.2) is 51.2 Å². The third-order valence-corrected chi connectivity index (χ3v) is 6.03. The third kappa shape index (κ3) is 5.57. The molecule has 184 valence electrons. The summed E-state index contributed by atoms with van der Waals surface area (Å²) in [6.45, 7) is 6.38. The van der Waals surface area contributed by atoms with Gasteiger partial charge >= 0.3 is 11.8 Å². The van der Waals surface area contributed by atoms with Gasteiger partial charge in [0.25, 0.3) is 11.5 Å².